The minimum Gasteiger partial charge on any atom is -0.344 e. The molecular weight excluding hydrogens is 390 g/mol. The maximum atomic E-state index is 12.7. The standard InChI is InChI=1S/C20H14ClN7O/c1-28-16-7-11(21)4-5-13(16)17(27-28)15-10-24-19-18(26-15)14(9-23-19)20(29)25-12-3-2-6-22-8-12/h2-10H,1H3,(H,23,24)(H,25,29). The Morgan fingerprint density at radius 3 is 2.97 bits per heavy atom. The number of benzene rings is 1. The molecule has 1 aromatic carbocycles. The summed E-state index contributed by atoms with van der Waals surface area (Å²) >= 11 is 6.11. The summed E-state index contributed by atoms with van der Waals surface area (Å²) in [5.41, 5.74) is 4.11. The average molecular weight is 404 g/mol. The van der Waals surface area contributed by atoms with E-state index < -0.39 is 0 Å². The molecule has 0 aliphatic rings. The van der Waals surface area contributed by atoms with Crippen molar-refractivity contribution in [2.24, 2.45) is 7.05 Å². The van der Waals surface area contributed by atoms with Gasteiger partial charge in [-0.25, -0.2) is 9.97 Å². The number of aromatic nitrogens is 6. The van der Waals surface area contributed by atoms with Gasteiger partial charge < -0.3 is 10.3 Å². The van der Waals surface area contributed by atoms with Crippen LogP contribution in [0.5, 0.6) is 0 Å². The Kier molecular flexibility index (Phi) is 3.99. The second-order valence-corrected chi connectivity index (χ2v) is 6.92. The van der Waals surface area contributed by atoms with Gasteiger partial charge in [-0.2, -0.15) is 5.10 Å². The van der Waals surface area contributed by atoms with Crippen molar-refractivity contribution in [1.82, 2.24) is 29.7 Å². The van der Waals surface area contributed by atoms with Crippen LogP contribution in [0, 0.1) is 0 Å². The first kappa shape index (κ1) is 17.3. The van der Waals surface area contributed by atoms with Crippen molar-refractivity contribution in [3.8, 4) is 11.4 Å². The van der Waals surface area contributed by atoms with Crippen LogP contribution in [0.3, 0.4) is 0 Å². The molecular formula is C20H14ClN7O. The van der Waals surface area contributed by atoms with E-state index >= 15 is 0 Å². The Bertz CT molecular complexity index is 1370. The van der Waals surface area contributed by atoms with Crippen LogP contribution in [-0.2, 0) is 7.05 Å². The van der Waals surface area contributed by atoms with Crippen LogP contribution in [0.4, 0.5) is 5.69 Å². The fourth-order valence-corrected chi connectivity index (χ4v) is 3.40. The third-order valence-electron chi connectivity index (χ3n) is 4.60. The Labute approximate surface area is 169 Å². The number of nitrogens with zero attached hydrogens (tertiary/aromatic N) is 5. The number of carbonyl (C=O) groups excluding carboxylic acids is 1. The van der Waals surface area contributed by atoms with Gasteiger partial charge >= 0.3 is 0 Å². The minimum absolute atomic E-state index is 0.298. The normalized spacial score (nSPS) is 11.2. The molecule has 0 radical (unpaired) electrons. The predicted molar refractivity (Wildman–Crippen MR) is 111 cm³/mol. The molecule has 4 heterocycles. The van der Waals surface area contributed by atoms with Gasteiger partial charge in [0, 0.05) is 29.9 Å². The first-order valence-electron chi connectivity index (χ1n) is 8.78. The van der Waals surface area contributed by atoms with Crippen LogP contribution in [0.15, 0.2) is 55.1 Å². The molecule has 2 N–H and O–H groups in total. The van der Waals surface area contributed by atoms with Gasteiger partial charge in [0.15, 0.2) is 5.65 Å². The Hall–Kier alpha value is -3.78. The van der Waals surface area contributed by atoms with Crippen molar-refractivity contribution in [2.45, 2.75) is 0 Å². The zero-order chi connectivity index (χ0) is 20.0. The molecule has 4 aromatic heterocycles. The number of rotatable bonds is 3. The molecule has 142 valence electrons. The van der Waals surface area contributed by atoms with E-state index in [1.165, 1.54) is 0 Å². The average Bonchev–Trinajstić information content (AvgIpc) is 3.29. The molecule has 0 aliphatic carbocycles. The van der Waals surface area contributed by atoms with Gasteiger partial charge in [-0.05, 0) is 30.3 Å². The summed E-state index contributed by atoms with van der Waals surface area (Å²) in [5.74, 6) is -0.298. The number of aryl methyl sites for hydroxylation is 1. The van der Waals surface area contributed by atoms with Gasteiger partial charge in [0.2, 0.25) is 0 Å². The van der Waals surface area contributed by atoms with E-state index in [0.717, 1.165) is 10.9 Å². The molecule has 0 unspecified atom stereocenters. The van der Waals surface area contributed by atoms with Crippen molar-refractivity contribution in [1.29, 1.82) is 0 Å². The number of aromatic amines is 1. The number of amides is 1. The Morgan fingerprint density at radius 1 is 1.24 bits per heavy atom. The molecule has 29 heavy (non-hydrogen) atoms. The van der Waals surface area contributed by atoms with E-state index in [1.54, 1.807) is 41.6 Å². The molecule has 0 fully saturated rings. The third-order valence-corrected chi connectivity index (χ3v) is 4.84. The van der Waals surface area contributed by atoms with Crippen molar-refractivity contribution < 1.29 is 4.79 Å². The first-order valence-corrected chi connectivity index (χ1v) is 9.16. The van der Waals surface area contributed by atoms with Crippen LogP contribution >= 0.6 is 11.6 Å². The first-order chi connectivity index (χ1) is 14.1. The number of carbonyl (C=O) groups is 1. The SMILES string of the molecule is Cn1nc(-c2cnc3[nH]cc(C(=O)Nc4cccnc4)c3n2)c2ccc(Cl)cc21. The lowest BCUT2D eigenvalue weighted by atomic mass is 10.1. The number of halogens is 1. The quantitative estimate of drug-likeness (QED) is 0.477. The van der Waals surface area contributed by atoms with Gasteiger partial charge in [-0.15, -0.1) is 0 Å². The molecule has 9 heteroatoms. The van der Waals surface area contributed by atoms with E-state index in [4.69, 9.17) is 11.6 Å². The zero-order valence-corrected chi connectivity index (χ0v) is 16.0. The van der Waals surface area contributed by atoms with Crippen molar-refractivity contribution in [2.75, 3.05) is 5.32 Å². The summed E-state index contributed by atoms with van der Waals surface area (Å²) in [6.45, 7) is 0. The smallest absolute Gasteiger partial charge is 0.259 e. The van der Waals surface area contributed by atoms with Gasteiger partial charge in [-0.1, -0.05) is 11.6 Å². The molecule has 0 atom stereocenters. The fraction of sp³-hybridized carbons (Fsp3) is 0.0500. The lowest BCUT2D eigenvalue weighted by Crippen LogP contribution is -2.11. The number of anilines is 1. The highest BCUT2D eigenvalue weighted by atomic mass is 35.5. The second kappa shape index (κ2) is 6.68. The van der Waals surface area contributed by atoms with Crippen LogP contribution in [0.1, 0.15) is 10.4 Å². The van der Waals surface area contributed by atoms with Crippen LogP contribution < -0.4 is 5.32 Å². The molecule has 5 rings (SSSR count). The highest BCUT2D eigenvalue weighted by Gasteiger charge is 2.18. The minimum atomic E-state index is -0.298. The summed E-state index contributed by atoms with van der Waals surface area (Å²) < 4.78 is 1.75. The topological polar surface area (TPSA) is 101 Å². The molecule has 0 saturated heterocycles. The number of nitrogens with one attached hydrogen (secondary N) is 2. The van der Waals surface area contributed by atoms with E-state index in [0.29, 0.717) is 38.8 Å². The molecule has 5 aromatic rings. The van der Waals surface area contributed by atoms with Crippen LogP contribution in [-0.4, -0.2) is 35.6 Å². The van der Waals surface area contributed by atoms with Crippen LogP contribution in [0.2, 0.25) is 5.02 Å². The summed E-state index contributed by atoms with van der Waals surface area (Å²) in [4.78, 5) is 28.8. The monoisotopic (exact) mass is 403 g/mol. The number of hydrogen-bond donors (Lipinski definition) is 2. The Balaban J connectivity index is 1.59. The lowest BCUT2D eigenvalue weighted by Gasteiger charge is -2.03. The molecule has 0 aliphatic heterocycles. The number of hydrogen-bond acceptors (Lipinski definition) is 5. The lowest BCUT2D eigenvalue weighted by molar-refractivity contribution is 0.102. The van der Waals surface area contributed by atoms with Crippen LogP contribution in [0.25, 0.3) is 33.5 Å². The molecule has 0 bridgehead atoms. The predicted octanol–water partition coefficient (Wildman–Crippen LogP) is 3.81. The van der Waals surface area contributed by atoms with E-state index in [9.17, 15) is 4.79 Å². The van der Waals surface area contributed by atoms with Gasteiger partial charge in [-0.3, -0.25) is 14.5 Å². The van der Waals surface area contributed by atoms with Crippen molar-refractivity contribution >= 4 is 45.3 Å². The number of H-pyrrole nitrogens is 1. The van der Waals surface area contributed by atoms with E-state index in [2.05, 4.69) is 30.4 Å². The second-order valence-electron chi connectivity index (χ2n) is 6.48. The maximum absolute atomic E-state index is 12.7. The number of pyridine rings is 1. The summed E-state index contributed by atoms with van der Waals surface area (Å²) in [5, 5.41) is 8.92. The van der Waals surface area contributed by atoms with Gasteiger partial charge in [0.1, 0.15) is 16.9 Å². The van der Waals surface area contributed by atoms with Crippen molar-refractivity contribution in [3.05, 3.63) is 65.7 Å². The largest absolute Gasteiger partial charge is 0.344 e. The zero-order valence-electron chi connectivity index (χ0n) is 15.2. The summed E-state index contributed by atoms with van der Waals surface area (Å²) in [6.07, 6.45) is 6.45. The van der Waals surface area contributed by atoms with E-state index in [-0.39, 0.29) is 5.91 Å². The summed E-state index contributed by atoms with van der Waals surface area (Å²) in [6, 6.07) is 9.08. The van der Waals surface area contributed by atoms with Crippen molar-refractivity contribution in [3.63, 3.8) is 0 Å². The summed E-state index contributed by atoms with van der Waals surface area (Å²) in [7, 11) is 1.84. The maximum Gasteiger partial charge on any atom is 0.259 e. The van der Waals surface area contributed by atoms with Gasteiger partial charge in [0.05, 0.1) is 29.2 Å². The van der Waals surface area contributed by atoms with E-state index in [1.807, 2.05) is 25.2 Å². The molecule has 0 saturated carbocycles. The van der Waals surface area contributed by atoms with Gasteiger partial charge in [0.25, 0.3) is 5.91 Å². The highest BCUT2D eigenvalue weighted by Crippen LogP contribution is 2.29. The fourth-order valence-electron chi connectivity index (χ4n) is 3.23. The molecule has 8 nitrogen and oxygen atoms in total. The number of fused-ring (bicyclic) bond motifs is 2. The molecule has 1 amide bonds. The Morgan fingerprint density at radius 2 is 2.14 bits per heavy atom. The highest BCUT2D eigenvalue weighted by molar-refractivity contribution is 6.31. The third kappa shape index (κ3) is 2.99. The molecule has 0 spiro atoms.